The largest absolute Gasteiger partial charge is 0.480 e. The van der Waals surface area contributed by atoms with Gasteiger partial charge in [0, 0.05) is 12.1 Å². The van der Waals surface area contributed by atoms with Gasteiger partial charge in [0.2, 0.25) is 0 Å². The van der Waals surface area contributed by atoms with E-state index in [1.807, 2.05) is 0 Å². The predicted molar refractivity (Wildman–Crippen MR) is 66.4 cm³/mol. The van der Waals surface area contributed by atoms with Crippen LogP contribution >= 0.6 is 0 Å². The molecule has 0 atom stereocenters. The molecule has 0 bridgehead atoms. The smallest absolute Gasteiger partial charge is 0.406 e. The van der Waals surface area contributed by atoms with Gasteiger partial charge in [-0.15, -0.1) is 0 Å². The van der Waals surface area contributed by atoms with Gasteiger partial charge in [-0.25, -0.2) is 4.79 Å². The lowest BCUT2D eigenvalue weighted by molar-refractivity contribution is -0.149. The molecule has 0 saturated heterocycles. The fraction of sp³-hybridized carbons (Fsp3) is 0.818. The van der Waals surface area contributed by atoms with Crippen LogP contribution in [0.15, 0.2) is 0 Å². The van der Waals surface area contributed by atoms with Crippen molar-refractivity contribution >= 4 is 12.0 Å². The molecule has 0 aliphatic rings. The van der Waals surface area contributed by atoms with E-state index in [4.69, 9.17) is 5.11 Å². The van der Waals surface area contributed by atoms with E-state index in [1.54, 1.807) is 32.8 Å². The van der Waals surface area contributed by atoms with E-state index in [-0.39, 0.29) is 11.4 Å². The SMILES string of the molecule is CN(C)C(C)(C)CNC(=O)N(CC(=O)O)CC(F)(F)F. The Bertz CT molecular complexity index is 357. The van der Waals surface area contributed by atoms with Crippen LogP contribution in [-0.4, -0.2) is 72.4 Å². The van der Waals surface area contributed by atoms with Gasteiger partial charge in [-0.1, -0.05) is 0 Å². The minimum absolute atomic E-state index is 0.0901. The van der Waals surface area contributed by atoms with Crippen LogP contribution in [0.2, 0.25) is 0 Å². The number of alkyl halides is 3. The molecule has 0 spiro atoms. The van der Waals surface area contributed by atoms with E-state index in [9.17, 15) is 22.8 Å². The first-order valence-electron chi connectivity index (χ1n) is 5.84. The van der Waals surface area contributed by atoms with Crippen LogP contribution in [0.5, 0.6) is 0 Å². The molecule has 0 aliphatic heterocycles. The van der Waals surface area contributed by atoms with Crippen molar-refractivity contribution < 1.29 is 27.9 Å². The standard InChI is InChI=1S/C11H20F3N3O3/c1-10(2,16(3)4)6-15-9(20)17(5-8(18)19)7-11(12,13)14/h5-7H2,1-4H3,(H,15,20)(H,18,19). The number of carbonyl (C=O) groups is 2. The molecule has 0 unspecified atom stereocenters. The third-order valence-corrected chi connectivity index (χ3v) is 2.87. The molecule has 0 fully saturated rings. The number of rotatable bonds is 6. The Morgan fingerprint density at radius 3 is 2.05 bits per heavy atom. The van der Waals surface area contributed by atoms with Gasteiger partial charge >= 0.3 is 18.2 Å². The fourth-order valence-electron chi connectivity index (χ4n) is 1.14. The normalized spacial score (nSPS) is 12.4. The van der Waals surface area contributed by atoms with E-state index in [0.29, 0.717) is 0 Å². The zero-order valence-corrected chi connectivity index (χ0v) is 11.9. The topological polar surface area (TPSA) is 72.9 Å². The third-order valence-electron chi connectivity index (χ3n) is 2.87. The van der Waals surface area contributed by atoms with Gasteiger partial charge in [-0.3, -0.25) is 4.79 Å². The van der Waals surface area contributed by atoms with Gasteiger partial charge in [-0.2, -0.15) is 13.2 Å². The van der Waals surface area contributed by atoms with Crippen molar-refractivity contribution in [1.29, 1.82) is 0 Å². The number of nitrogens with one attached hydrogen (secondary N) is 1. The molecule has 6 nitrogen and oxygen atoms in total. The number of carbonyl (C=O) groups excluding carboxylic acids is 1. The molecule has 2 amide bonds. The number of hydrogen-bond acceptors (Lipinski definition) is 3. The molecule has 0 rings (SSSR count). The van der Waals surface area contributed by atoms with Crippen LogP contribution in [0.1, 0.15) is 13.8 Å². The summed E-state index contributed by atoms with van der Waals surface area (Å²) in [6.45, 7) is 1.06. The lowest BCUT2D eigenvalue weighted by Gasteiger charge is -2.33. The molecule has 0 heterocycles. The number of likely N-dealkylation sites (N-methyl/N-ethyl adjacent to an activating group) is 1. The highest BCUT2D eigenvalue weighted by Gasteiger charge is 2.34. The molecule has 2 N–H and O–H groups in total. The van der Waals surface area contributed by atoms with Crippen LogP contribution in [0, 0.1) is 0 Å². The molecule has 0 radical (unpaired) electrons. The highest BCUT2D eigenvalue weighted by atomic mass is 19.4. The Labute approximate surface area is 115 Å². The van der Waals surface area contributed by atoms with Gasteiger partial charge in [0.15, 0.2) is 0 Å². The summed E-state index contributed by atoms with van der Waals surface area (Å²) < 4.78 is 36.9. The van der Waals surface area contributed by atoms with Crippen LogP contribution in [0.4, 0.5) is 18.0 Å². The van der Waals surface area contributed by atoms with Gasteiger partial charge < -0.3 is 20.2 Å². The van der Waals surface area contributed by atoms with Crippen molar-refractivity contribution in [1.82, 2.24) is 15.1 Å². The van der Waals surface area contributed by atoms with E-state index in [2.05, 4.69) is 5.32 Å². The van der Waals surface area contributed by atoms with Crippen LogP contribution in [0.25, 0.3) is 0 Å². The van der Waals surface area contributed by atoms with Crippen molar-refractivity contribution in [2.75, 3.05) is 33.7 Å². The molecule has 0 aliphatic carbocycles. The Morgan fingerprint density at radius 2 is 1.70 bits per heavy atom. The summed E-state index contributed by atoms with van der Waals surface area (Å²) in [5.41, 5.74) is -0.469. The number of nitrogens with zero attached hydrogens (tertiary/aromatic N) is 2. The first kappa shape index (κ1) is 18.5. The molecule has 0 aromatic rings. The lowest BCUT2D eigenvalue weighted by atomic mass is 10.0. The molecule has 20 heavy (non-hydrogen) atoms. The van der Waals surface area contributed by atoms with Crippen LogP contribution in [-0.2, 0) is 4.79 Å². The Kier molecular flexibility index (Phi) is 6.27. The third kappa shape index (κ3) is 7.17. The average molecular weight is 299 g/mol. The molecular weight excluding hydrogens is 279 g/mol. The van der Waals surface area contributed by atoms with Gasteiger partial charge in [0.05, 0.1) is 0 Å². The first-order chi connectivity index (χ1) is 8.85. The second-order valence-electron chi connectivity index (χ2n) is 5.23. The lowest BCUT2D eigenvalue weighted by Crippen LogP contribution is -2.53. The molecule has 0 saturated carbocycles. The van der Waals surface area contributed by atoms with Crippen molar-refractivity contribution in [3.05, 3.63) is 0 Å². The Morgan fingerprint density at radius 1 is 1.20 bits per heavy atom. The molecule has 9 heteroatoms. The van der Waals surface area contributed by atoms with Crippen molar-refractivity contribution in [3.63, 3.8) is 0 Å². The molecule has 118 valence electrons. The van der Waals surface area contributed by atoms with Crippen molar-refractivity contribution in [2.45, 2.75) is 25.6 Å². The highest BCUT2D eigenvalue weighted by molar-refractivity contribution is 5.80. The maximum atomic E-state index is 12.3. The summed E-state index contributed by atoms with van der Waals surface area (Å²) in [7, 11) is 3.52. The van der Waals surface area contributed by atoms with Gasteiger partial charge in [0.25, 0.3) is 0 Å². The van der Waals surface area contributed by atoms with Gasteiger partial charge in [-0.05, 0) is 27.9 Å². The number of urea groups is 1. The van der Waals surface area contributed by atoms with Crippen LogP contribution in [0.3, 0.4) is 0 Å². The van der Waals surface area contributed by atoms with Gasteiger partial charge in [0.1, 0.15) is 13.1 Å². The Balaban J connectivity index is 4.68. The van der Waals surface area contributed by atoms with Crippen molar-refractivity contribution in [2.24, 2.45) is 0 Å². The second kappa shape index (κ2) is 6.78. The zero-order chi connectivity index (χ0) is 16.1. The number of aliphatic carboxylic acids is 1. The van der Waals surface area contributed by atoms with Crippen molar-refractivity contribution in [3.8, 4) is 0 Å². The molecule has 0 aromatic carbocycles. The second-order valence-corrected chi connectivity index (χ2v) is 5.23. The maximum absolute atomic E-state index is 12.3. The number of halogens is 3. The quantitative estimate of drug-likeness (QED) is 0.767. The van der Waals surface area contributed by atoms with E-state index < -0.39 is 36.8 Å². The summed E-state index contributed by atoms with van der Waals surface area (Å²) >= 11 is 0. The number of hydrogen-bond donors (Lipinski definition) is 2. The predicted octanol–water partition coefficient (Wildman–Crippen LogP) is 0.985. The van der Waals surface area contributed by atoms with Crippen LogP contribution < -0.4 is 5.32 Å². The summed E-state index contributed by atoms with van der Waals surface area (Å²) in [5, 5.41) is 10.9. The van der Waals surface area contributed by atoms with E-state index in [1.165, 1.54) is 0 Å². The summed E-state index contributed by atoms with van der Waals surface area (Å²) in [6.07, 6.45) is -4.65. The Hall–Kier alpha value is -1.51. The minimum Gasteiger partial charge on any atom is -0.480 e. The molecular formula is C11H20F3N3O3. The van der Waals surface area contributed by atoms with E-state index >= 15 is 0 Å². The summed E-state index contributed by atoms with van der Waals surface area (Å²) in [5.74, 6) is -1.50. The average Bonchev–Trinajstić information content (AvgIpc) is 2.22. The first-order valence-corrected chi connectivity index (χ1v) is 5.84. The minimum atomic E-state index is -4.65. The monoisotopic (exact) mass is 299 g/mol. The highest BCUT2D eigenvalue weighted by Crippen LogP contribution is 2.16. The molecule has 0 aromatic heterocycles. The summed E-state index contributed by atoms with van der Waals surface area (Å²) in [6, 6.07) is -1.06. The maximum Gasteiger partial charge on any atom is 0.406 e. The number of amides is 2. The summed E-state index contributed by atoms with van der Waals surface area (Å²) in [4.78, 5) is 24.2. The number of carboxylic acids is 1. The van der Waals surface area contributed by atoms with E-state index in [0.717, 1.165) is 0 Å². The fourth-order valence-corrected chi connectivity index (χ4v) is 1.14. The number of carboxylic acid groups (broad SMARTS) is 1. The zero-order valence-electron chi connectivity index (χ0n) is 11.9.